The van der Waals surface area contributed by atoms with Crippen LogP contribution in [-0.2, 0) is 14.9 Å². The van der Waals surface area contributed by atoms with Gasteiger partial charge in [0.25, 0.3) is 10.2 Å². The molecule has 0 aromatic carbocycles. The maximum atomic E-state index is 11.0. The second-order valence-electron chi connectivity index (χ2n) is 2.59. The van der Waals surface area contributed by atoms with E-state index in [1.165, 1.54) is 14.0 Å². The first-order valence-electron chi connectivity index (χ1n) is 3.89. The molecule has 0 heterocycles. The quantitative estimate of drug-likeness (QED) is 0.445. The van der Waals surface area contributed by atoms with Gasteiger partial charge >= 0.3 is 0 Å². The molecule has 0 aromatic rings. The lowest BCUT2D eigenvalue weighted by atomic mass is 10.4. The fourth-order valence-corrected chi connectivity index (χ4v) is 1.47. The molecule has 3 N–H and O–H groups in total. The van der Waals surface area contributed by atoms with E-state index in [1.54, 1.807) is 0 Å². The van der Waals surface area contributed by atoms with Crippen LogP contribution in [0, 0.1) is 0 Å². The van der Waals surface area contributed by atoms with Gasteiger partial charge in [-0.25, -0.2) is 0 Å². The molecule has 6 nitrogen and oxygen atoms in total. The highest BCUT2D eigenvalue weighted by Crippen LogP contribution is 1.80. The summed E-state index contributed by atoms with van der Waals surface area (Å²) in [5.41, 5.74) is 0. The number of hydrogen-bond acceptors (Lipinski definition) is 4. The van der Waals surface area contributed by atoms with Crippen molar-refractivity contribution in [2.24, 2.45) is 0 Å². The average molecular weight is 212 g/mol. The highest BCUT2D eigenvalue weighted by molar-refractivity contribution is 7.87. The molecule has 1 atom stereocenters. The lowest BCUT2D eigenvalue weighted by Gasteiger charge is -2.08. The second-order valence-corrected chi connectivity index (χ2v) is 4.17. The number of aliphatic hydroxyl groups is 1. The number of ether oxygens (including phenoxy) is 1. The van der Waals surface area contributed by atoms with E-state index in [0.717, 1.165) is 0 Å². The Morgan fingerprint density at radius 1 is 1.46 bits per heavy atom. The van der Waals surface area contributed by atoms with Gasteiger partial charge in [-0.15, -0.1) is 0 Å². The van der Waals surface area contributed by atoms with Crippen LogP contribution in [0.2, 0.25) is 0 Å². The number of hydrogen-bond donors (Lipinski definition) is 3. The van der Waals surface area contributed by atoms with Crippen LogP contribution in [0.25, 0.3) is 0 Å². The topological polar surface area (TPSA) is 87.7 Å². The summed E-state index contributed by atoms with van der Waals surface area (Å²) in [4.78, 5) is 0. The summed E-state index contributed by atoms with van der Waals surface area (Å²) in [6.45, 7) is 2.03. The van der Waals surface area contributed by atoms with Crippen LogP contribution >= 0.6 is 0 Å². The molecule has 0 amide bonds. The lowest BCUT2D eigenvalue weighted by molar-refractivity contribution is 0.197. The van der Waals surface area contributed by atoms with Crippen LogP contribution in [0.5, 0.6) is 0 Å². The van der Waals surface area contributed by atoms with Gasteiger partial charge < -0.3 is 9.84 Å². The summed E-state index contributed by atoms with van der Waals surface area (Å²) in [6.07, 6.45) is -0.695. The monoisotopic (exact) mass is 212 g/mol. The Labute approximate surface area is 78.5 Å². The average Bonchev–Trinajstić information content (AvgIpc) is 2.02. The lowest BCUT2D eigenvalue weighted by Crippen LogP contribution is -2.41. The van der Waals surface area contributed by atoms with E-state index >= 15 is 0 Å². The zero-order valence-electron chi connectivity index (χ0n) is 7.78. The van der Waals surface area contributed by atoms with Crippen molar-refractivity contribution in [2.45, 2.75) is 13.0 Å². The minimum Gasteiger partial charge on any atom is -0.392 e. The van der Waals surface area contributed by atoms with Gasteiger partial charge in [-0.3, -0.25) is 0 Å². The first-order valence-corrected chi connectivity index (χ1v) is 5.37. The van der Waals surface area contributed by atoms with Gasteiger partial charge in [0.05, 0.1) is 12.7 Å². The minimum absolute atomic E-state index is 0.00230. The first-order chi connectivity index (χ1) is 5.98. The molecule has 7 heteroatoms. The van der Waals surface area contributed by atoms with E-state index in [2.05, 4.69) is 14.2 Å². The fraction of sp³-hybridized carbons (Fsp3) is 1.00. The molecular formula is C6H16N2O4S. The molecule has 80 valence electrons. The Balaban J connectivity index is 3.68. The first kappa shape index (κ1) is 12.8. The van der Waals surface area contributed by atoms with Crippen LogP contribution in [0.4, 0.5) is 0 Å². The number of nitrogens with one attached hydrogen (secondary N) is 2. The number of methoxy groups -OCH3 is 1. The number of aliphatic hydroxyl groups excluding tert-OH is 1. The summed E-state index contributed by atoms with van der Waals surface area (Å²) in [5, 5.41) is 8.81. The Bertz CT molecular complexity index is 215. The molecule has 13 heavy (non-hydrogen) atoms. The summed E-state index contributed by atoms with van der Waals surface area (Å²) >= 11 is 0. The van der Waals surface area contributed by atoms with Crippen molar-refractivity contribution in [3.63, 3.8) is 0 Å². The zero-order chi connectivity index (χ0) is 10.3. The van der Waals surface area contributed by atoms with Crippen molar-refractivity contribution in [1.29, 1.82) is 0 Å². The third kappa shape index (κ3) is 8.13. The van der Waals surface area contributed by atoms with Crippen molar-refractivity contribution < 1.29 is 18.3 Å². The van der Waals surface area contributed by atoms with Gasteiger partial charge in [0.1, 0.15) is 0 Å². The van der Waals surface area contributed by atoms with Gasteiger partial charge in [-0.2, -0.15) is 17.9 Å². The molecule has 0 aromatic heterocycles. The molecule has 0 aliphatic heterocycles. The molecule has 0 aliphatic carbocycles. The summed E-state index contributed by atoms with van der Waals surface area (Å²) < 4.78 is 31.1. The standard InChI is InChI=1S/C6H16N2O4S/c1-6(9)5-8-13(10,11)7-3-4-12-2/h6-9H,3-5H2,1-2H3. The molecular weight excluding hydrogens is 196 g/mol. The minimum atomic E-state index is -3.49. The van der Waals surface area contributed by atoms with Crippen LogP contribution in [-0.4, -0.2) is 46.4 Å². The third-order valence-corrected chi connectivity index (χ3v) is 2.30. The smallest absolute Gasteiger partial charge is 0.277 e. The predicted molar refractivity (Wildman–Crippen MR) is 48.5 cm³/mol. The second kappa shape index (κ2) is 6.28. The van der Waals surface area contributed by atoms with Crippen LogP contribution in [0.1, 0.15) is 6.92 Å². The van der Waals surface area contributed by atoms with E-state index in [0.29, 0.717) is 6.61 Å². The van der Waals surface area contributed by atoms with Crippen molar-refractivity contribution in [2.75, 3.05) is 26.8 Å². The molecule has 0 saturated heterocycles. The van der Waals surface area contributed by atoms with Gasteiger partial charge in [0, 0.05) is 20.2 Å². The Morgan fingerprint density at radius 3 is 2.54 bits per heavy atom. The molecule has 0 rings (SSSR count). The van der Waals surface area contributed by atoms with Crippen LogP contribution < -0.4 is 9.44 Å². The van der Waals surface area contributed by atoms with Gasteiger partial charge in [-0.1, -0.05) is 0 Å². The molecule has 0 bridgehead atoms. The largest absolute Gasteiger partial charge is 0.392 e. The van der Waals surface area contributed by atoms with E-state index in [-0.39, 0.29) is 13.1 Å². The molecule has 0 aliphatic rings. The Morgan fingerprint density at radius 2 is 2.08 bits per heavy atom. The summed E-state index contributed by atoms with van der Waals surface area (Å²) in [6, 6.07) is 0. The number of rotatable bonds is 7. The van der Waals surface area contributed by atoms with Crippen molar-refractivity contribution in [3.05, 3.63) is 0 Å². The zero-order valence-corrected chi connectivity index (χ0v) is 8.60. The van der Waals surface area contributed by atoms with E-state index in [1.807, 2.05) is 0 Å². The van der Waals surface area contributed by atoms with Crippen molar-refractivity contribution in [3.8, 4) is 0 Å². The summed E-state index contributed by atoms with van der Waals surface area (Å²) in [5.74, 6) is 0. The molecule has 0 spiro atoms. The Hall–Kier alpha value is -0.210. The van der Waals surface area contributed by atoms with Crippen LogP contribution in [0.15, 0.2) is 0 Å². The Kier molecular flexibility index (Phi) is 6.17. The molecule has 1 unspecified atom stereocenters. The van der Waals surface area contributed by atoms with E-state index < -0.39 is 16.3 Å². The molecule has 0 fully saturated rings. The van der Waals surface area contributed by atoms with Crippen molar-refractivity contribution >= 4 is 10.2 Å². The third-order valence-electron chi connectivity index (χ3n) is 1.17. The van der Waals surface area contributed by atoms with E-state index in [4.69, 9.17) is 5.11 Å². The van der Waals surface area contributed by atoms with E-state index in [9.17, 15) is 8.42 Å². The summed E-state index contributed by atoms with van der Waals surface area (Å²) in [7, 11) is -2.01. The van der Waals surface area contributed by atoms with Gasteiger partial charge in [0.2, 0.25) is 0 Å². The predicted octanol–water partition coefficient (Wildman–Crippen LogP) is -1.56. The molecule has 0 radical (unpaired) electrons. The maximum absolute atomic E-state index is 11.0. The SMILES string of the molecule is COCCNS(=O)(=O)NCC(C)O. The normalized spacial score (nSPS) is 14.4. The van der Waals surface area contributed by atoms with Crippen LogP contribution in [0.3, 0.4) is 0 Å². The van der Waals surface area contributed by atoms with Gasteiger partial charge in [0.15, 0.2) is 0 Å². The maximum Gasteiger partial charge on any atom is 0.277 e. The highest BCUT2D eigenvalue weighted by Gasteiger charge is 2.08. The van der Waals surface area contributed by atoms with Crippen molar-refractivity contribution in [1.82, 2.24) is 9.44 Å². The highest BCUT2D eigenvalue weighted by atomic mass is 32.2. The van der Waals surface area contributed by atoms with Gasteiger partial charge in [-0.05, 0) is 6.92 Å². The molecule has 0 saturated carbocycles. The fourth-order valence-electron chi connectivity index (χ4n) is 0.559.